The fourth-order valence-electron chi connectivity index (χ4n) is 3.21. The third-order valence-electron chi connectivity index (χ3n) is 4.63. The lowest BCUT2D eigenvalue weighted by atomic mass is 10.1. The molecule has 0 saturated heterocycles. The molecule has 0 atom stereocenters. The van der Waals surface area contributed by atoms with Gasteiger partial charge in [-0.1, -0.05) is 12.1 Å². The number of aromatic amines is 2. The SMILES string of the molecule is Cc1nc2ccc(N=C(N)C(=CN)C(=O)c3cc4ccc(CO)cc4[nH]3)cc2[nH]1. The van der Waals surface area contributed by atoms with Crippen LogP contribution in [0.1, 0.15) is 21.9 Å². The molecule has 7 N–H and O–H groups in total. The minimum absolute atomic E-state index is 0.0165. The van der Waals surface area contributed by atoms with Gasteiger partial charge in [0.05, 0.1) is 34.6 Å². The number of nitrogens with two attached hydrogens (primary N) is 2. The maximum absolute atomic E-state index is 12.9. The standard InChI is InChI=1S/C21H20N6O2/c1-11-24-16-5-4-14(8-18(16)25-11)26-21(23)15(9-22)20(29)19-7-13-3-2-12(10-28)6-17(13)27-19/h2-9,27-28H,10,22H2,1H3,(H2,23,26)(H,24,25). The number of aryl methyl sites for hydroxylation is 1. The minimum Gasteiger partial charge on any atom is -0.404 e. The molecule has 0 unspecified atom stereocenters. The van der Waals surface area contributed by atoms with Gasteiger partial charge in [-0.3, -0.25) is 4.79 Å². The summed E-state index contributed by atoms with van der Waals surface area (Å²) in [7, 11) is 0. The molecule has 0 radical (unpaired) electrons. The van der Waals surface area contributed by atoms with E-state index < -0.39 is 0 Å². The monoisotopic (exact) mass is 388 g/mol. The Kier molecular flexibility index (Phi) is 4.61. The number of imidazole rings is 1. The molecule has 4 rings (SSSR count). The molecule has 8 nitrogen and oxygen atoms in total. The van der Waals surface area contributed by atoms with Crippen molar-refractivity contribution >= 4 is 39.2 Å². The lowest BCUT2D eigenvalue weighted by Gasteiger charge is -2.04. The number of nitrogens with one attached hydrogen (secondary N) is 2. The summed E-state index contributed by atoms with van der Waals surface area (Å²) in [5.74, 6) is 0.451. The zero-order chi connectivity index (χ0) is 20.5. The van der Waals surface area contributed by atoms with Crippen LogP contribution in [0, 0.1) is 6.92 Å². The van der Waals surface area contributed by atoms with Gasteiger partial charge < -0.3 is 26.5 Å². The molecular formula is C21H20N6O2. The molecule has 2 aromatic heterocycles. The van der Waals surface area contributed by atoms with Crippen molar-refractivity contribution in [3.05, 3.63) is 71.3 Å². The molecule has 0 saturated carbocycles. The zero-order valence-corrected chi connectivity index (χ0v) is 15.7. The Hall–Kier alpha value is -3.91. The number of hydrogen-bond acceptors (Lipinski definition) is 5. The number of Topliss-reactive ketones (excluding diaryl/α,β-unsaturated/α-hetero) is 1. The highest BCUT2D eigenvalue weighted by atomic mass is 16.3. The van der Waals surface area contributed by atoms with Crippen LogP contribution in [0.2, 0.25) is 0 Å². The number of carbonyl (C=O) groups excluding carboxylic acids is 1. The first kappa shape index (κ1) is 18.5. The Morgan fingerprint density at radius 2 is 2.00 bits per heavy atom. The first-order chi connectivity index (χ1) is 14.0. The van der Waals surface area contributed by atoms with Crippen LogP contribution < -0.4 is 11.5 Å². The van der Waals surface area contributed by atoms with Crippen molar-refractivity contribution in [2.24, 2.45) is 16.5 Å². The van der Waals surface area contributed by atoms with Crippen LogP contribution >= 0.6 is 0 Å². The Labute approximate surface area is 166 Å². The van der Waals surface area contributed by atoms with Gasteiger partial charge in [0.25, 0.3) is 0 Å². The number of ketones is 1. The van der Waals surface area contributed by atoms with Gasteiger partial charge in [-0.05, 0) is 42.8 Å². The lowest BCUT2D eigenvalue weighted by Crippen LogP contribution is -2.22. The summed E-state index contributed by atoms with van der Waals surface area (Å²) in [6.07, 6.45) is 1.16. The second-order valence-electron chi connectivity index (χ2n) is 6.69. The summed E-state index contributed by atoms with van der Waals surface area (Å²) in [5.41, 5.74) is 15.9. The average molecular weight is 388 g/mol. The molecule has 2 aromatic carbocycles. The molecule has 29 heavy (non-hydrogen) atoms. The van der Waals surface area contributed by atoms with Gasteiger partial charge in [0, 0.05) is 17.1 Å². The van der Waals surface area contributed by atoms with E-state index in [0.717, 1.165) is 39.5 Å². The van der Waals surface area contributed by atoms with Gasteiger partial charge in [-0.15, -0.1) is 0 Å². The van der Waals surface area contributed by atoms with Crippen molar-refractivity contribution in [3.63, 3.8) is 0 Å². The van der Waals surface area contributed by atoms with Crippen molar-refractivity contribution in [1.29, 1.82) is 0 Å². The van der Waals surface area contributed by atoms with Crippen LogP contribution in [0.15, 0.2) is 59.2 Å². The Morgan fingerprint density at radius 1 is 1.17 bits per heavy atom. The third kappa shape index (κ3) is 3.48. The number of aliphatic imine (C=N–C) groups is 1. The number of rotatable bonds is 5. The first-order valence-electron chi connectivity index (χ1n) is 8.98. The molecular weight excluding hydrogens is 368 g/mol. The third-order valence-corrected chi connectivity index (χ3v) is 4.63. The number of aliphatic hydroxyl groups excluding tert-OH is 1. The average Bonchev–Trinajstić information content (AvgIpc) is 3.29. The molecule has 0 bridgehead atoms. The van der Waals surface area contributed by atoms with Crippen molar-refractivity contribution in [1.82, 2.24) is 15.0 Å². The van der Waals surface area contributed by atoms with Crippen LogP contribution in [0.4, 0.5) is 5.69 Å². The Morgan fingerprint density at radius 3 is 2.76 bits per heavy atom. The van der Waals surface area contributed by atoms with Crippen LogP contribution in [-0.2, 0) is 6.61 Å². The van der Waals surface area contributed by atoms with Gasteiger partial charge in [0.1, 0.15) is 11.7 Å². The molecule has 4 aromatic rings. The van der Waals surface area contributed by atoms with Crippen molar-refractivity contribution in [2.75, 3.05) is 0 Å². The number of benzene rings is 2. The summed E-state index contributed by atoms with van der Waals surface area (Å²) in [6, 6.07) is 12.5. The fraction of sp³-hybridized carbons (Fsp3) is 0.0952. The van der Waals surface area contributed by atoms with E-state index in [1.165, 1.54) is 0 Å². The minimum atomic E-state index is -0.367. The van der Waals surface area contributed by atoms with Crippen molar-refractivity contribution in [3.8, 4) is 0 Å². The summed E-state index contributed by atoms with van der Waals surface area (Å²) in [4.78, 5) is 27.8. The highest BCUT2D eigenvalue weighted by Crippen LogP contribution is 2.22. The summed E-state index contributed by atoms with van der Waals surface area (Å²) >= 11 is 0. The second kappa shape index (κ2) is 7.25. The normalized spacial score (nSPS) is 12.8. The molecule has 0 fully saturated rings. The van der Waals surface area contributed by atoms with Crippen LogP contribution in [0.25, 0.3) is 21.9 Å². The summed E-state index contributed by atoms with van der Waals surface area (Å²) < 4.78 is 0. The molecule has 0 aliphatic heterocycles. The van der Waals surface area contributed by atoms with E-state index in [2.05, 4.69) is 19.9 Å². The zero-order valence-electron chi connectivity index (χ0n) is 15.7. The predicted octanol–water partition coefficient (Wildman–Crippen LogP) is 2.56. The molecule has 2 heterocycles. The number of fused-ring (bicyclic) bond motifs is 2. The molecule has 146 valence electrons. The molecule has 0 aliphatic rings. The van der Waals surface area contributed by atoms with E-state index in [1.807, 2.05) is 19.1 Å². The topological polar surface area (TPSA) is 146 Å². The van der Waals surface area contributed by atoms with E-state index in [9.17, 15) is 9.90 Å². The highest BCUT2D eigenvalue weighted by Gasteiger charge is 2.18. The second-order valence-corrected chi connectivity index (χ2v) is 6.69. The summed E-state index contributed by atoms with van der Waals surface area (Å²) in [5, 5.41) is 10.1. The van der Waals surface area contributed by atoms with E-state index in [1.54, 1.807) is 30.3 Å². The van der Waals surface area contributed by atoms with Crippen molar-refractivity contribution < 1.29 is 9.90 Å². The number of aliphatic hydroxyl groups is 1. The molecule has 8 heteroatoms. The van der Waals surface area contributed by atoms with Gasteiger partial charge in [-0.2, -0.15) is 0 Å². The number of carbonyl (C=O) groups is 1. The largest absolute Gasteiger partial charge is 0.404 e. The fourth-order valence-corrected chi connectivity index (χ4v) is 3.21. The van der Waals surface area contributed by atoms with E-state index in [-0.39, 0.29) is 23.8 Å². The highest BCUT2D eigenvalue weighted by molar-refractivity contribution is 6.27. The van der Waals surface area contributed by atoms with Crippen LogP contribution in [-0.4, -0.2) is 31.7 Å². The predicted molar refractivity (Wildman–Crippen MR) is 113 cm³/mol. The first-order valence-corrected chi connectivity index (χ1v) is 8.98. The molecule has 0 spiro atoms. The Balaban J connectivity index is 1.66. The Bertz CT molecular complexity index is 1300. The van der Waals surface area contributed by atoms with E-state index in [4.69, 9.17) is 11.5 Å². The van der Waals surface area contributed by atoms with Gasteiger partial charge >= 0.3 is 0 Å². The number of amidine groups is 1. The van der Waals surface area contributed by atoms with Gasteiger partial charge in [0.15, 0.2) is 0 Å². The van der Waals surface area contributed by atoms with Crippen LogP contribution in [0.5, 0.6) is 0 Å². The quantitative estimate of drug-likeness (QED) is 0.154. The van der Waals surface area contributed by atoms with Gasteiger partial charge in [-0.25, -0.2) is 9.98 Å². The maximum atomic E-state index is 12.9. The summed E-state index contributed by atoms with van der Waals surface area (Å²) in [6.45, 7) is 1.79. The van der Waals surface area contributed by atoms with Crippen LogP contribution in [0.3, 0.4) is 0 Å². The number of nitrogens with zero attached hydrogens (tertiary/aromatic N) is 2. The smallest absolute Gasteiger partial charge is 0.214 e. The number of H-pyrrole nitrogens is 2. The van der Waals surface area contributed by atoms with Crippen molar-refractivity contribution in [2.45, 2.75) is 13.5 Å². The number of aromatic nitrogens is 3. The van der Waals surface area contributed by atoms with E-state index >= 15 is 0 Å². The lowest BCUT2D eigenvalue weighted by molar-refractivity contribution is 0.103. The maximum Gasteiger partial charge on any atom is 0.214 e. The van der Waals surface area contributed by atoms with Gasteiger partial charge in [0.2, 0.25) is 5.78 Å². The molecule has 0 amide bonds. The number of hydrogen-bond donors (Lipinski definition) is 5. The molecule has 0 aliphatic carbocycles. The van der Waals surface area contributed by atoms with E-state index in [0.29, 0.717) is 11.4 Å².